The summed E-state index contributed by atoms with van der Waals surface area (Å²) in [6.45, 7) is 0. The molecule has 1 saturated carbocycles. The lowest BCUT2D eigenvalue weighted by Crippen LogP contribution is -2.01. The third kappa shape index (κ3) is 3.46. The molecule has 1 aliphatic rings. The van der Waals surface area contributed by atoms with Crippen molar-refractivity contribution >= 4 is 27.5 Å². The van der Waals surface area contributed by atoms with E-state index in [1.807, 2.05) is 0 Å². The molecular weight excluding hydrogens is 290 g/mol. The van der Waals surface area contributed by atoms with Crippen LogP contribution >= 0.6 is 27.5 Å². The van der Waals surface area contributed by atoms with E-state index in [9.17, 15) is 4.39 Å². The van der Waals surface area contributed by atoms with Gasteiger partial charge in [-0.05, 0) is 55.7 Å². The summed E-state index contributed by atoms with van der Waals surface area (Å²) < 4.78 is 12.8. The topological polar surface area (TPSA) is 0 Å². The molecule has 1 aromatic rings. The summed E-state index contributed by atoms with van der Waals surface area (Å²) in [5, 5.41) is 0.553. The van der Waals surface area contributed by atoms with Crippen molar-refractivity contribution in [3.05, 3.63) is 34.6 Å². The maximum Gasteiger partial charge on any atom is 0.124 e. The average Bonchev–Trinajstić information content (AvgIpc) is 3.04. The molecular formula is C13H15BrClF. The summed E-state index contributed by atoms with van der Waals surface area (Å²) >= 11 is 9.68. The molecule has 1 fully saturated rings. The van der Waals surface area contributed by atoms with Crippen molar-refractivity contribution in [2.45, 2.75) is 36.9 Å². The average molecular weight is 306 g/mol. The smallest absolute Gasteiger partial charge is 0.124 e. The molecule has 88 valence electrons. The number of hydrogen-bond acceptors (Lipinski definition) is 0. The van der Waals surface area contributed by atoms with Crippen molar-refractivity contribution in [2.24, 2.45) is 5.92 Å². The van der Waals surface area contributed by atoms with E-state index in [0.29, 0.717) is 9.85 Å². The van der Waals surface area contributed by atoms with E-state index in [-0.39, 0.29) is 5.82 Å². The Hall–Kier alpha value is -0.0800. The van der Waals surface area contributed by atoms with Gasteiger partial charge in [0.15, 0.2) is 0 Å². The van der Waals surface area contributed by atoms with Gasteiger partial charge in [0.05, 0.1) is 0 Å². The van der Waals surface area contributed by atoms with E-state index in [0.717, 1.165) is 24.3 Å². The zero-order valence-electron chi connectivity index (χ0n) is 9.06. The highest BCUT2D eigenvalue weighted by atomic mass is 79.9. The van der Waals surface area contributed by atoms with E-state index < -0.39 is 0 Å². The summed E-state index contributed by atoms with van der Waals surface area (Å²) in [7, 11) is 0. The Balaban J connectivity index is 1.80. The minimum absolute atomic E-state index is 0.259. The molecule has 0 nitrogen and oxygen atoms in total. The minimum Gasteiger partial charge on any atom is -0.207 e. The van der Waals surface area contributed by atoms with Crippen LogP contribution in [0.25, 0.3) is 0 Å². The van der Waals surface area contributed by atoms with E-state index >= 15 is 0 Å². The molecule has 1 unspecified atom stereocenters. The maximum atomic E-state index is 12.8. The van der Waals surface area contributed by atoms with Gasteiger partial charge in [-0.1, -0.05) is 33.6 Å². The Labute approximate surface area is 109 Å². The first kappa shape index (κ1) is 12.4. The molecule has 0 bridgehead atoms. The fourth-order valence-corrected chi connectivity index (χ4v) is 3.02. The van der Waals surface area contributed by atoms with Crippen LogP contribution in [-0.2, 0) is 6.42 Å². The van der Waals surface area contributed by atoms with Gasteiger partial charge in [0.2, 0.25) is 0 Å². The summed E-state index contributed by atoms with van der Waals surface area (Å²) in [4.78, 5) is 0.659. The van der Waals surface area contributed by atoms with Crippen LogP contribution in [0.15, 0.2) is 18.2 Å². The monoisotopic (exact) mass is 304 g/mol. The predicted molar refractivity (Wildman–Crippen MR) is 69.8 cm³/mol. The largest absolute Gasteiger partial charge is 0.207 e. The number of benzene rings is 1. The molecule has 0 heterocycles. The quantitative estimate of drug-likeness (QED) is 0.673. The van der Waals surface area contributed by atoms with Crippen molar-refractivity contribution in [2.75, 3.05) is 0 Å². The molecule has 1 aromatic carbocycles. The second-order valence-electron chi connectivity index (χ2n) is 4.48. The Kier molecular flexibility index (Phi) is 4.26. The lowest BCUT2D eigenvalue weighted by molar-refractivity contribution is 0.625. The van der Waals surface area contributed by atoms with E-state index in [1.165, 1.54) is 31.4 Å². The van der Waals surface area contributed by atoms with Crippen molar-refractivity contribution in [1.82, 2.24) is 0 Å². The molecule has 1 atom stereocenters. The molecule has 0 aliphatic heterocycles. The van der Waals surface area contributed by atoms with Gasteiger partial charge in [-0.3, -0.25) is 0 Å². The Morgan fingerprint density at radius 2 is 2.19 bits per heavy atom. The highest BCUT2D eigenvalue weighted by Crippen LogP contribution is 2.38. The highest BCUT2D eigenvalue weighted by molar-refractivity contribution is 9.09. The first-order valence-corrected chi connectivity index (χ1v) is 7.04. The van der Waals surface area contributed by atoms with Crippen molar-refractivity contribution in [1.29, 1.82) is 0 Å². The fourth-order valence-electron chi connectivity index (χ4n) is 1.91. The lowest BCUT2D eigenvalue weighted by atomic mass is 10.1. The van der Waals surface area contributed by atoms with Gasteiger partial charge in [0, 0.05) is 9.85 Å². The van der Waals surface area contributed by atoms with Gasteiger partial charge in [0.25, 0.3) is 0 Å². The molecule has 0 amide bonds. The van der Waals surface area contributed by atoms with Crippen LogP contribution in [0.5, 0.6) is 0 Å². The predicted octanol–water partition coefficient (Wildman–Crippen LogP) is 4.98. The van der Waals surface area contributed by atoms with Crippen LogP contribution in [0, 0.1) is 11.7 Å². The molecule has 0 N–H and O–H groups in total. The van der Waals surface area contributed by atoms with Crippen molar-refractivity contribution in [3.63, 3.8) is 0 Å². The SMILES string of the molecule is Fc1ccc(CCCC(Br)C2CC2)c(Cl)c1. The van der Waals surface area contributed by atoms with E-state index in [1.54, 1.807) is 6.07 Å². The summed E-state index contributed by atoms with van der Waals surface area (Å²) in [6, 6.07) is 4.66. The second kappa shape index (κ2) is 5.50. The van der Waals surface area contributed by atoms with Crippen LogP contribution < -0.4 is 0 Å². The van der Waals surface area contributed by atoms with Crippen LogP contribution in [0.3, 0.4) is 0 Å². The van der Waals surface area contributed by atoms with Crippen molar-refractivity contribution in [3.8, 4) is 0 Å². The summed E-state index contributed by atoms with van der Waals surface area (Å²) in [5.41, 5.74) is 1.05. The summed E-state index contributed by atoms with van der Waals surface area (Å²) in [6.07, 6.45) is 5.96. The Morgan fingerprint density at radius 3 is 2.81 bits per heavy atom. The van der Waals surface area contributed by atoms with Crippen LogP contribution in [0.4, 0.5) is 4.39 Å². The standard InChI is InChI=1S/C13H15BrClF/c14-12(9-4-5-9)3-1-2-10-6-7-11(16)8-13(10)15/h6-9,12H,1-5H2. The Morgan fingerprint density at radius 1 is 1.44 bits per heavy atom. The maximum absolute atomic E-state index is 12.8. The molecule has 0 radical (unpaired) electrons. The third-order valence-corrected chi connectivity index (χ3v) is 4.63. The number of aryl methyl sites for hydroxylation is 1. The van der Waals surface area contributed by atoms with Gasteiger partial charge in [-0.2, -0.15) is 0 Å². The van der Waals surface area contributed by atoms with Crippen LogP contribution in [0.2, 0.25) is 5.02 Å². The molecule has 16 heavy (non-hydrogen) atoms. The first-order chi connectivity index (χ1) is 7.66. The minimum atomic E-state index is -0.259. The molecule has 1 aliphatic carbocycles. The zero-order chi connectivity index (χ0) is 11.5. The normalized spacial score (nSPS) is 17.4. The Bertz CT molecular complexity index is 363. The van der Waals surface area contributed by atoms with E-state index in [2.05, 4.69) is 15.9 Å². The summed E-state index contributed by atoms with van der Waals surface area (Å²) in [5.74, 6) is 0.633. The highest BCUT2D eigenvalue weighted by Gasteiger charge is 2.28. The lowest BCUT2D eigenvalue weighted by Gasteiger charge is -2.08. The molecule has 0 aromatic heterocycles. The fraction of sp³-hybridized carbons (Fsp3) is 0.538. The first-order valence-electron chi connectivity index (χ1n) is 5.75. The second-order valence-corrected chi connectivity index (χ2v) is 6.06. The number of alkyl halides is 1. The molecule has 0 spiro atoms. The molecule has 2 rings (SSSR count). The van der Waals surface area contributed by atoms with Crippen LogP contribution in [0.1, 0.15) is 31.2 Å². The van der Waals surface area contributed by atoms with Gasteiger partial charge in [-0.25, -0.2) is 4.39 Å². The van der Waals surface area contributed by atoms with Crippen LogP contribution in [-0.4, -0.2) is 4.83 Å². The number of halogens is 3. The number of hydrogen-bond donors (Lipinski definition) is 0. The van der Waals surface area contributed by atoms with Gasteiger partial charge in [-0.15, -0.1) is 0 Å². The number of rotatable bonds is 5. The van der Waals surface area contributed by atoms with E-state index in [4.69, 9.17) is 11.6 Å². The van der Waals surface area contributed by atoms with Gasteiger partial charge in [0.1, 0.15) is 5.82 Å². The zero-order valence-corrected chi connectivity index (χ0v) is 11.4. The third-order valence-electron chi connectivity index (χ3n) is 3.07. The van der Waals surface area contributed by atoms with Crippen molar-refractivity contribution < 1.29 is 4.39 Å². The van der Waals surface area contributed by atoms with Gasteiger partial charge < -0.3 is 0 Å². The van der Waals surface area contributed by atoms with Gasteiger partial charge >= 0.3 is 0 Å². The molecule has 3 heteroatoms. The molecule has 0 saturated heterocycles.